The fraction of sp³-hybridized carbons (Fsp3) is 0.316. The van der Waals surface area contributed by atoms with Gasteiger partial charge in [-0.2, -0.15) is 17.0 Å². The lowest BCUT2D eigenvalue weighted by molar-refractivity contribution is -0.116. The van der Waals surface area contributed by atoms with Crippen LogP contribution in [0.3, 0.4) is 0 Å². The van der Waals surface area contributed by atoms with E-state index in [0.717, 1.165) is 21.5 Å². The number of halogens is 2. The molecule has 1 fully saturated rings. The van der Waals surface area contributed by atoms with E-state index in [9.17, 15) is 17.6 Å². The van der Waals surface area contributed by atoms with Crippen LogP contribution in [0.15, 0.2) is 36.4 Å². The zero-order valence-electron chi connectivity index (χ0n) is 15.6. The van der Waals surface area contributed by atoms with Crippen molar-refractivity contribution in [2.75, 3.05) is 25.0 Å². The topological polar surface area (TPSA) is 69.7 Å². The van der Waals surface area contributed by atoms with Gasteiger partial charge in [0.15, 0.2) is 0 Å². The molecule has 6 nitrogen and oxygen atoms in total. The second kappa shape index (κ2) is 8.16. The van der Waals surface area contributed by atoms with E-state index < -0.39 is 21.9 Å². The van der Waals surface area contributed by atoms with Gasteiger partial charge in [-0.05, 0) is 48.7 Å². The first-order valence-corrected chi connectivity index (χ1v) is 10.5. The molecule has 1 N–H and O–H groups in total. The van der Waals surface area contributed by atoms with Crippen molar-refractivity contribution >= 4 is 33.4 Å². The van der Waals surface area contributed by atoms with Crippen LogP contribution in [0.5, 0.6) is 0 Å². The molecule has 0 atom stereocenters. The summed E-state index contributed by atoms with van der Waals surface area (Å²) in [7, 11) is -3.81. The molecule has 2 aromatic carbocycles. The third kappa shape index (κ3) is 4.35. The van der Waals surface area contributed by atoms with Crippen molar-refractivity contribution in [3.05, 3.63) is 63.9 Å². The maximum Gasteiger partial charge on any atom is 0.282 e. The first-order valence-electron chi connectivity index (χ1n) is 8.73. The number of aryl methyl sites for hydroxylation is 1. The molecular weight excluding hydrogens is 405 g/mol. The Morgan fingerprint density at radius 2 is 1.89 bits per heavy atom. The van der Waals surface area contributed by atoms with Crippen molar-refractivity contribution in [3.8, 4) is 0 Å². The third-order valence-electron chi connectivity index (χ3n) is 4.81. The lowest BCUT2D eigenvalue weighted by Crippen LogP contribution is -2.38. The Kier molecular flexibility index (Phi) is 6.04. The van der Waals surface area contributed by atoms with Crippen molar-refractivity contribution in [2.45, 2.75) is 20.4 Å². The highest BCUT2D eigenvalue weighted by atomic mass is 35.5. The highest BCUT2D eigenvalue weighted by Gasteiger charge is 2.37. The molecule has 28 heavy (non-hydrogen) atoms. The van der Waals surface area contributed by atoms with Crippen LogP contribution in [0.4, 0.5) is 10.1 Å². The molecule has 0 bridgehead atoms. The van der Waals surface area contributed by atoms with Gasteiger partial charge in [0.2, 0.25) is 5.91 Å². The molecule has 1 saturated heterocycles. The van der Waals surface area contributed by atoms with Crippen molar-refractivity contribution in [2.24, 2.45) is 0 Å². The maximum absolute atomic E-state index is 13.2. The van der Waals surface area contributed by atoms with E-state index in [4.69, 9.17) is 11.6 Å². The first-order chi connectivity index (χ1) is 13.2. The predicted molar refractivity (Wildman–Crippen MR) is 107 cm³/mol. The summed E-state index contributed by atoms with van der Waals surface area (Å²) in [6, 6.07) is 9.39. The summed E-state index contributed by atoms with van der Waals surface area (Å²) in [5.74, 6) is -0.887. The zero-order chi connectivity index (χ0) is 20.5. The quantitative estimate of drug-likeness (QED) is 0.800. The number of anilines is 1. The molecule has 1 amide bonds. The lowest BCUT2D eigenvalue weighted by atomic mass is 10.1. The maximum atomic E-state index is 13.2. The minimum Gasteiger partial charge on any atom is -0.325 e. The summed E-state index contributed by atoms with van der Waals surface area (Å²) >= 11 is 6.00. The van der Waals surface area contributed by atoms with Crippen molar-refractivity contribution in [1.29, 1.82) is 0 Å². The Balaban J connectivity index is 1.67. The van der Waals surface area contributed by atoms with E-state index in [1.165, 1.54) is 16.4 Å². The number of carbonyl (C=O) groups is 1. The van der Waals surface area contributed by atoms with Crippen LogP contribution in [-0.2, 0) is 21.5 Å². The monoisotopic (exact) mass is 425 g/mol. The smallest absolute Gasteiger partial charge is 0.282 e. The summed E-state index contributed by atoms with van der Waals surface area (Å²) in [5.41, 5.74) is 3.14. The van der Waals surface area contributed by atoms with Crippen LogP contribution < -0.4 is 5.32 Å². The third-order valence-corrected chi connectivity index (χ3v) is 7.09. The highest BCUT2D eigenvalue weighted by molar-refractivity contribution is 7.87. The van der Waals surface area contributed by atoms with E-state index >= 15 is 0 Å². The number of carbonyl (C=O) groups excluding carboxylic acids is 1. The Morgan fingerprint density at radius 1 is 1.18 bits per heavy atom. The molecule has 0 aromatic heterocycles. The van der Waals surface area contributed by atoms with Crippen molar-refractivity contribution in [3.63, 3.8) is 0 Å². The van der Waals surface area contributed by atoms with Crippen LogP contribution in [0.1, 0.15) is 16.7 Å². The SMILES string of the molecule is Cc1cccc(NC(=O)CN2CCN(Cc3ccc(F)cc3Cl)S2(=O)=O)c1C. The molecule has 0 aliphatic carbocycles. The second-order valence-electron chi connectivity index (χ2n) is 6.71. The first kappa shape index (κ1) is 20.7. The lowest BCUT2D eigenvalue weighted by Gasteiger charge is -2.19. The molecule has 1 aliphatic rings. The van der Waals surface area contributed by atoms with Gasteiger partial charge in [-0.15, -0.1) is 0 Å². The summed E-state index contributed by atoms with van der Waals surface area (Å²) in [4.78, 5) is 12.4. The number of nitrogens with one attached hydrogen (secondary N) is 1. The molecule has 0 radical (unpaired) electrons. The summed E-state index contributed by atoms with van der Waals surface area (Å²) in [5, 5.41) is 2.94. The second-order valence-corrected chi connectivity index (χ2v) is 9.04. The van der Waals surface area contributed by atoms with Gasteiger partial charge in [0.25, 0.3) is 10.2 Å². The van der Waals surface area contributed by atoms with E-state index in [1.807, 2.05) is 26.0 Å². The van der Waals surface area contributed by atoms with Crippen LogP contribution in [-0.4, -0.2) is 42.6 Å². The standard InChI is InChI=1S/C19H21ClFN3O3S/c1-13-4-3-5-18(14(13)2)22-19(25)12-24-9-8-23(28(24,26)27)11-15-6-7-16(21)10-17(15)20/h3-7,10H,8-9,11-12H2,1-2H3,(H,22,25). The van der Waals surface area contributed by atoms with Gasteiger partial charge in [0, 0.05) is 30.3 Å². The average molecular weight is 426 g/mol. The van der Waals surface area contributed by atoms with Gasteiger partial charge in [-0.25, -0.2) is 4.39 Å². The van der Waals surface area contributed by atoms with E-state index in [0.29, 0.717) is 11.3 Å². The Hall–Kier alpha value is -2.00. The molecule has 0 saturated carbocycles. The number of amides is 1. The summed E-state index contributed by atoms with van der Waals surface area (Å²) < 4.78 is 41.0. The molecular formula is C19H21ClFN3O3S. The van der Waals surface area contributed by atoms with E-state index in [1.54, 1.807) is 6.07 Å². The molecule has 0 spiro atoms. The van der Waals surface area contributed by atoms with Crippen LogP contribution in [0.25, 0.3) is 0 Å². The minimum atomic E-state index is -3.81. The Morgan fingerprint density at radius 3 is 2.61 bits per heavy atom. The largest absolute Gasteiger partial charge is 0.325 e. The number of benzene rings is 2. The zero-order valence-corrected chi connectivity index (χ0v) is 17.1. The van der Waals surface area contributed by atoms with Crippen molar-refractivity contribution in [1.82, 2.24) is 8.61 Å². The van der Waals surface area contributed by atoms with Crippen LogP contribution >= 0.6 is 11.6 Å². The molecule has 9 heteroatoms. The molecule has 3 rings (SSSR count). The Labute approximate surface area is 169 Å². The number of rotatable bonds is 5. The minimum absolute atomic E-state index is 0.0244. The van der Waals surface area contributed by atoms with E-state index in [2.05, 4.69) is 5.32 Å². The fourth-order valence-electron chi connectivity index (χ4n) is 3.01. The number of nitrogens with zero attached hydrogens (tertiary/aromatic N) is 2. The van der Waals surface area contributed by atoms with E-state index in [-0.39, 0.29) is 31.2 Å². The predicted octanol–water partition coefficient (Wildman–Crippen LogP) is 3.10. The van der Waals surface area contributed by atoms with Gasteiger partial charge >= 0.3 is 0 Å². The molecule has 1 heterocycles. The van der Waals surface area contributed by atoms with Gasteiger partial charge < -0.3 is 5.32 Å². The molecule has 150 valence electrons. The van der Waals surface area contributed by atoms with Gasteiger partial charge in [-0.1, -0.05) is 29.8 Å². The average Bonchev–Trinajstić information content (AvgIpc) is 2.89. The van der Waals surface area contributed by atoms with Crippen LogP contribution in [0, 0.1) is 19.7 Å². The van der Waals surface area contributed by atoms with Gasteiger partial charge in [0.05, 0.1) is 6.54 Å². The summed E-state index contributed by atoms with van der Waals surface area (Å²) in [6.07, 6.45) is 0. The molecule has 0 unspecified atom stereocenters. The molecule has 1 aliphatic heterocycles. The van der Waals surface area contributed by atoms with Crippen molar-refractivity contribution < 1.29 is 17.6 Å². The molecule has 2 aromatic rings. The highest BCUT2D eigenvalue weighted by Crippen LogP contribution is 2.24. The fourth-order valence-corrected chi connectivity index (χ4v) is 4.78. The Bertz CT molecular complexity index is 1010. The number of hydrogen-bond acceptors (Lipinski definition) is 3. The normalized spacial score (nSPS) is 17.0. The number of hydrogen-bond donors (Lipinski definition) is 1. The van der Waals surface area contributed by atoms with Gasteiger partial charge in [-0.3, -0.25) is 4.79 Å². The van der Waals surface area contributed by atoms with Crippen LogP contribution in [0.2, 0.25) is 5.02 Å². The summed E-state index contributed by atoms with van der Waals surface area (Å²) in [6.45, 7) is 4.01. The van der Waals surface area contributed by atoms with Gasteiger partial charge in [0.1, 0.15) is 5.82 Å².